The molecule has 7 atom stereocenters. The fourth-order valence-corrected chi connectivity index (χ4v) is 4.90. The first-order valence-corrected chi connectivity index (χ1v) is 9.57. The van der Waals surface area contributed by atoms with E-state index < -0.39 is 42.2 Å². The predicted molar refractivity (Wildman–Crippen MR) is 85.5 cm³/mol. The number of nitrogens with one attached hydrogen (secondary N) is 1. The summed E-state index contributed by atoms with van der Waals surface area (Å²) in [5, 5.41) is 12.9. The Bertz CT molecular complexity index is 608. The molecule has 2 N–H and O–H groups in total. The number of carbonyl (C=O) groups excluding carboxylic acids is 2. The van der Waals surface area contributed by atoms with Crippen LogP contribution in [0.15, 0.2) is 0 Å². The summed E-state index contributed by atoms with van der Waals surface area (Å²) in [6, 6.07) is -1.75. The van der Waals surface area contributed by atoms with E-state index in [4.69, 9.17) is 9.47 Å². The van der Waals surface area contributed by atoms with Crippen molar-refractivity contribution in [2.45, 2.75) is 62.8 Å². The van der Waals surface area contributed by atoms with E-state index in [1.165, 1.54) is 0 Å². The number of carbonyl (C=O) groups is 2. The molecule has 27 heavy (non-hydrogen) atoms. The minimum absolute atomic E-state index is 0.0277. The van der Waals surface area contributed by atoms with Crippen LogP contribution in [0.25, 0.3) is 0 Å². The second-order valence-electron chi connectivity index (χ2n) is 8.20. The summed E-state index contributed by atoms with van der Waals surface area (Å²) >= 11 is 0. The summed E-state index contributed by atoms with van der Waals surface area (Å²) in [5.74, 6) is -3.07. The van der Waals surface area contributed by atoms with Gasteiger partial charge in [0.1, 0.15) is 30.1 Å². The highest BCUT2D eigenvalue weighted by atomic mass is 19.4. The molecule has 0 aromatic rings. The van der Waals surface area contributed by atoms with Crippen molar-refractivity contribution in [2.24, 2.45) is 23.7 Å². The van der Waals surface area contributed by atoms with Gasteiger partial charge < -0.3 is 14.6 Å². The number of fused-ring (bicyclic) bond motifs is 2. The highest BCUT2D eigenvalue weighted by Gasteiger charge is 2.54. The minimum atomic E-state index is -4.44. The van der Waals surface area contributed by atoms with Gasteiger partial charge in [-0.25, -0.2) is 0 Å². The average molecular weight is 391 g/mol. The number of Topliss-reactive ketones (excluding diaryl/α,β-unsaturated/α-hetero) is 2. The van der Waals surface area contributed by atoms with Gasteiger partial charge in [-0.2, -0.15) is 13.2 Å². The molecule has 2 aliphatic carbocycles. The van der Waals surface area contributed by atoms with Crippen molar-refractivity contribution in [3.63, 3.8) is 0 Å². The van der Waals surface area contributed by atoms with Crippen LogP contribution in [0.5, 0.6) is 0 Å². The highest BCUT2D eigenvalue weighted by Crippen LogP contribution is 2.44. The molecule has 2 aliphatic heterocycles. The van der Waals surface area contributed by atoms with E-state index in [0.29, 0.717) is 19.3 Å². The van der Waals surface area contributed by atoms with Crippen molar-refractivity contribution >= 4 is 11.6 Å². The third-order valence-electron chi connectivity index (χ3n) is 6.52. The summed E-state index contributed by atoms with van der Waals surface area (Å²) in [4.78, 5) is 25.8. The molecule has 2 saturated carbocycles. The monoisotopic (exact) mass is 391 g/mol. The van der Waals surface area contributed by atoms with E-state index >= 15 is 0 Å². The zero-order valence-electron chi connectivity index (χ0n) is 14.8. The molecule has 0 spiro atoms. The van der Waals surface area contributed by atoms with E-state index in [0.717, 1.165) is 0 Å². The zero-order chi connectivity index (χ0) is 19.3. The van der Waals surface area contributed by atoms with Crippen LogP contribution >= 0.6 is 0 Å². The minimum Gasteiger partial charge on any atom is -0.392 e. The van der Waals surface area contributed by atoms with Gasteiger partial charge in [-0.1, -0.05) is 0 Å². The summed E-state index contributed by atoms with van der Waals surface area (Å²) in [6.45, 7) is 0.538. The second-order valence-corrected chi connectivity index (χ2v) is 8.20. The predicted octanol–water partition coefficient (Wildman–Crippen LogP) is 1.20. The van der Waals surface area contributed by atoms with Crippen LogP contribution in [0.3, 0.4) is 0 Å². The van der Waals surface area contributed by atoms with Gasteiger partial charge >= 0.3 is 6.18 Å². The van der Waals surface area contributed by atoms with Crippen molar-refractivity contribution in [2.75, 3.05) is 13.2 Å². The first-order chi connectivity index (χ1) is 12.8. The van der Waals surface area contributed by atoms with Crippen LogP contribution in [0, 0.1) is 23.7 Å². The van der Waals surface area contributed by atoms with Gasteiger partial charge in [0.25, 0.3) is 0 Å². The third kappa shape index (κ3) is 3.54. The molecule has 152 valence electrons. The maximum absolute atomic E-state index is 13.1. The molecule has 4 aliphatic rings. The van der Waals surface area contributed by atoms with Crippen molar-refractivity contribution in [1.82, 2.24) is 5.32 Å². The summed E-state index contributed by atoms with van der Waals surface area (Å²) in [6.07, 6.45) is -5.29. The molecule has 0 amide bonds. The molecule has 9 heteroatoms. The maximum atomic E-state index is 13.1. The Morgan fingerprint density at radius 2 is 1.93 bits per heavy atom. The Morgan fingerprint density at radius 3 is 2.56 bits per heavy atom. The van der Waals surface area contributed by atoms with Crippen LogP contribution < -0.4 is 5.32 Å². The smallest absolute Gasteiger partial charge is 0.392 e. The molecule has 0 aromatic heterocycles. The van der Waals surface area contributed by atoms with E-state index in [1.807, 2.05) is 0 Å². The molecule has 2 heterocycles. The normalized spacial score (nSPS) is 42.8. The van der Waals surface area contributed by atoms with E-state index in [9.17, 15) is 27.9 Å². The molecule has 2 bridgehead atoms. The molecule has 4 rings (SSSR count). The number of hydrogen-bond donors (Lipinski definition) is 2. The van der Waals surface area contributed by atoms with Crippen molar-refractivity contribution < 1.29 is 37.3 Å². The first kappa shape index (κ1) is 19.3. The zero-order valence-corrected chi connectivity index (χ0v) is 14.8. The molecular weight excluding hydrogens is 367 g/mol. The fraction of sp³-hybridized carbons (Fsp3) is 0.889. The number of ether oxygens (including phenoxy) is 2. The van der Waals surface area contributed by atoms with E-state index in [1.54, 1.807) is 0 Å². The lowest BCUT2D eigenvalue weighted by molar-refractivity contribution is -0.213. The Balaban J connectivity index is 1.52. The number of aliphatic hydroxyl groups is 1. The Hall–Kier alpha value is -1.03. The summed E-state index contributed by atoms with van der Waals surface area (Å²) < 4.78 is 50.1. The number of ketones is 2. The van der Waals surface area contributed by atoms with Crippen LogP contribution in [-0.2, 0) is 19.1 Å². The summed E-state index contributed by atoms with van der Waals surface area (Å²) in [5.41, 5.74) is 0. The lowest BCUT2D eigenvalue weighted by Gasteiger charge is -2.42. The van der Waals surface area contributed by atoms with Crippen molar-refractivity contribution in [3.05, 3.63) is 0 Å². The van der Waals surface area contributed by atoms with Crippen LogP contribution in [0.1, 0.15) is 32.1 Å². The van der Waals surface area contributed by atoms with E-state index in [-0.39, 0.29) is 49.8 Å². The molecule has 6 nitrogen and oxygen atoms in total. The lowest BCUT2D eigenvalue weighted by atomic mass is 9.71. The molecule has 0 aromatic carbocycles. The Kier molecular flexibility index (Phi) is 5.07. The quantitative estimate of drug-likeness (QED) is 0.701. The first-order valence-electron chi connectivity index (χ1n) is 9.57. The van der Waals surface area contributed by atoms with Gasteiger partial charge in [-0.15, -0.1) is 0 Å². The largest absolute Gasteiger partial charge is 0.403 e. The van der Waals surface area contributed by atoms with Crippen molar-refractivity contribution in [3.8, 4) is 0 Å². The highest BCUT2D eigenvalue weighted by molar-refractivity contribution is 6.05. The van der Waals surface area contributed by atoms with Gasteiger partial charge in [0.15, 0.2) is 5.78 Å². The van der Waals surface area contributed by atoms with Crippen LogP contribution in [0.4, 0.5) is 13.2 Å². The van der Waals surface area contributed by atoms with Crippen LogP contribution in [0.2, 0.25) is 0 Å². The number of rotatable bonds is 4. The number of alkyl halides is 3. The third-order valence-corrected chi connectivity index (χ3v) is 6.52. The molecule has 4 fully saturated rings. The average Bonchev–Trinajstić information content (AvgIpc) is 3.02. The number of hydrogen-bond acceptors (Lipinski definition) is 6. The Morgan fingerprint density at radius 1 is 1.19 bits per heavy atom. The van der Waals surface area contributed by atoms with Gasteiger partial charge in [0.2, 0.25) is 0 Å². The topological polar surface area (TPSA) is 84.9 Å². The molecular formula is C18H24F3NO5. The van der Waals surface area contributed by atoms with Gasteiger partial charge in [0, 0.05) is 5.92 Å². The Labute approximate surface area is 154 Å². The van der Waals surface area contributed by atoms with Crippen molar-refractivity contribution in [1.29, 1.82) is 0 Å². The maximum Gasteiger partial charge on any atom is 0.403 e. The standard InChI is InChI=1S/C18H24F3NO5/c19-18(20,21)12-4-3-11(17(22-12)27-10-6-26-7-10)16(25)13-14(23)8-1-2-9(5-8)15(13)24/h8-14,17,22-23H,1-7H2. The van der Waals surface area contributed by atoms with Crippen LogP contribution in [-0.4, -0.2) is 60.5 Å². The van der Waals surface area contributed by atoms with Gasteiger partial charge in [0.05, 0.1) is 25.2 Å². The van der Waals surface area contributed by atoms with Gasteiger partial charge in [-0.05, 0) is 38.0 Å². The fourth-order valence-electron chi connectivity index (χ4n) is 4.90. The lowest BCUT2D eigenvalue weighted by Crippen LogP contribution is -2.60. The molecule has 0 radical (unpaired) electrons. The van der Waals surface area contributed by atoms with E-state index in [2.05, 4.69) is 5.32 Å². The number of aliphatic hydroxyl groups excluding tert-OH is 1. The second kappa shape index (κ2) is 7.09. The SMILES string of the molecule is O=C1C2CCC(C2)C(O)C1C(=O)C1CCC(C(F)(F)F)NC1OC1COC1. The summed E-state index contributed by atoms with van der Waals surface area (Å²) in [7, 11) is 0. The number of piperidine rings is 1. The number of halogens is 3. The molecule has 7 unspecified atom stereocenters. The van der Waals surface area contributed by atoms with Gasteiger partial charge in [-0.3, -0.25) is 14.9 Å². The molecule has 2 saturated heterocycles.